The molecule has 2 nitrogen and oxygen atoms in total. The van der Waals surface area contributed by atoms with Crippen LogP contribution in [0.4, 0.5) is 8.78 Å². The van der Waals surface area contributed by atoms with Crippen LogP contribution in [0.15, 0.2) is 18.2 Å². The Morgan fingerprint density at radius 2 is 2.10 bits per heavy atom. The fraction of sp³-hybridized carbons (Fsp3) is 0.562. The van der Waals surface area contributed by atoms with E-state index in [1.807, 2.05) is 6.92 Å². The summed E-state index contributed by atoms with van der Waals surface area (Å²) in [6.07, 6.45) is 5.00. The van der Waals surface area contributed by atoms with Crippen molar-refractivity contribution in [3.8, 4) is 0 Å². The van der Waals surface area contributed by atoms with Crippen molar-refractivity contribution in [1.29, 1.82) is 0 Å². The molecule has 4 heteroatoms. The zero-order valence-corrected chi connectivity index (χ0v) is 11.5. The molecule has 0 aliphatic heterocycles. The molecule has 0 radical (unpaired) electrons. The number of rotatable bonds is 3. The Kier molecular flexibility index (Phi) is 3.48. The summed E-state index contributed by atoms with van der Waals surface area (Å²) in [7, 11) is 0. The van der Waals surface area contributed by atoms with Gasteiger partial charge in [0.05, 0.1) is 5.56 Å². The van der Waals surface area contributed by atoms with Crippen LogP contribution < -0.4 is 5.32 Å². The molecule has 2 saturated carbocycles. The van der Waals surface area contributed by atoms with E-state index in [4.69, 9.17) is 0 Å². The van der Waals surface area contributed by atoms with Gasteiger partial charge in [-0.1, -0.05) is 6.42 Å². The predicted molar refractivity (Wildman–Crippen MR) is 72.2 cm³/mol. The zero-order chi connectivity index (χ0) is 14.3. The molecule has 1 amide bonds. The van der Waals surface area contributed by atoms with Crippen molar-refractivity contribution in [2.45, 2.75) is 38.6 Å². The van der Waals surface area contributed by atoms with E-state index in [0.717, 1.165) is 24.5 Å². The molecule has 2 fully saturated rings. The number of carbonyl (C=O) groups excluding carboxylic acids is 1. The normalized spacial score (nSPS) is 29.4. The number of halogens is 2. The molecule has 1 aromatic carbocycles. The Labute approximate surface area is 117 Å². The first-order valence-corrected chi connectivity index (χ1v) is 7.30. The minimum atomic E-state index is -0.803. The number of fused-ring (bicyclic) bond motifs is 2. The first-order chi connectivity index (χ1) is 9.54. The second-order valence-electron chi connectivity index (χ2n) is 6.23. The molecule has 20 heavy (non-hydrogen) atoms. The minimum absolute atomic E-state index is 0.0438. The summed E-state index contributed by atoms with van der Waals surface area (Å²) in [6, 6.07) is 3.10. The van der Waals surface area contributed by atoms with Crippen LogP contribution in [0.5, 0.6) is 0 Å². The Morgan fingerprint density at radius 1 is 1.30 bits per heavy atom. The lowest BCUT2D eigenvalue weighted by atomic mass is 9.84. The second-order valence-corrected chi connectivity index (χ2v) is 6.23. The molecule has 1 N–H and O–H groups in total. The number of hydrogen-bond donors (Lipinski definition) is 1. The number of benzene rings is 1. The minimum Gasteiger partial charge on any atom is -0.349 e. The predicted octanol–water partition coefficient (Wildman–Crippen LogP) is 3.52. The van der Waals surface area contributed by atoms with Crippen molar-refractivity contribution >= 4 is 5.91 Å². The number of carbonyl (C=O) groups is 1. The van der Waals surface area contributed by atoms with Crippen LogP contribution in [-0.2, 0) is 0 Å². The smallest absolute Gasteiger partial charge is 0.254 e. The van der Waals surface area contributed by atoms with Gasteiger partial charge in [0.25, 0.3) is 5.91 Å². The topological polar surface area (TPSA) is 29.1 Å². The maximum atomic E-state index is 13.6. The van der Waals surface area contributed by atoms with Crippen molar-refractivity contribution in [1.82, 2.24) is 5.32 Å². The van der Waals surface area contributed by atoms with E-state index >= 15 is 0 Å². The first kappa shape index (κ1) is 13.5. The quantitative estimate of drug-likeness (QED) is 0.901. The number of amides is 1. The fourth-order valence-electron chi connectivity index (χ4n) is 3.97. The second kappa shape index (κ2) is 5.15. The van der Waals surface area contributed by atoms with Crippen LogP contribution >= 0.6 is 0 Å². The summed E-state index contributed by atoms with van der Waals surface area (Å²) in [5.74, 6) is 0.0992. The van der Waals surface area contributed by atoms with Crippen LogP contribution in [-0.4, -0.2) is 11.9 Å². The third kappa shape index (κ3) is 2.43. The van der Waals surface area contributed by atoms with E-state index in [1.54, 1.807) is 0 Å². The van der Waals surface area contributed by atoms with Gasteiger partial charge in [-0.3, -0.25) is 4.79 Å². The largest absolute Gasteiger partial charge is 0.349 e. The Bertz CT molecular complexity index is 531. The highest BCUT2D eigenvalue weighted by atomic mass is 19.1. The van der Waals surface area contributed by atoms with Gasteiger partial charge in [0, 0.05) is 12.1 Å². The molecule has 108 valence electrons. The van der Waals surface area contributed by atoms with Crippen molar-refractivity contribution in [3.63, 3.8) is 0 Å². The molecule has 4 atom stereocenters. The zero-order valence-electron chi connectivity index (χ0n) is 11.5. The van der Waals surface area contributed by atoms with Crippen LogP contribution in [0, 0.1) is 29.4 Å². The van der Waals surface area contributed by atoms with Gasteiger partial charge < -0.3 is 5.32 Å². The van der Waals surface area contributed by atoms with Crippen molar-refractivity contribution < 1.29 is 13.6 Å². The van der Waals surface area contributed by atoms with Crippen LogP contribution in [0.25, 0.3) is 0 Å². The number of nitrogens with one attached hydrogen (secondary N) is 1. The molecule has 3 rings (SSSR count). The van der Waals surface area contributed by atoms with Crippen LogP contribution in [0.3, 0.4) is 0 Å². The molecule has 0 spiro atoms. The van der Waals surface area contributed by atoms with Crippen molar-refractivity contribution in [2.75, 3.05) is 0 Å². The van der Waals surface area contributed by atoms with E-state index in [2.05, 4.69) is 5.32 Å². The van der Waals surface area contributed by atoms with Crippen LogP contribution in [0.2, 0.25) is 0 Å². The lowest BCUT2D eigenvalue weighted by molar-refractivity contribution is 0.0911. The average molecular weight is 279 g/mol. The third-order valence-corrected chi connectivity index (χ3v) is 4.97. The molecule has 2 aliphatic rings. The first-order valence-electron chi connectivity index (χ1n) is 7.30. The van der Waals surface area contributed by atoms with E-state index in [-0.39, 0.29) is 11.6 Å². The molecule has 0 unspecified atom stereocenters. The van der Waals surface area contributed by atoms with Gasteiger partial charge >= 0.3 is 0 Å². The van der Waals surface area contributed by atoms with Crippen molar-refractivity contribution in [3.05, 3.63) is 35.4 Å². The highest BCUT2D eigenvalue weighted by molar-refractivity contribution is 5.94. The molecular weight excluding hydrogens is 260 g/mol. The van der Waals surface area contributed by atoms with Gasteiger partial charge in [-0.25, -0.2) is 8.78 Å². The van der Waals surface area contributed by atoms with E-state index < -0.39 is 17.5 Å². The highest BCUT2D eigenvalue weighted by Gasteiger charge is 2.42. The summed E-state index contributed by atoms with van der Waals surface area (Å²) in [6.45, 7) is 1.99. The Balaban J connectivity index is 1.66. The lowest BCUT2D eigenvalue weighted by Crippen LogP contribution is -2.40. The molecule has 0 heterocycles. The third-order valence-electron chi connectivity index (χ3n) is 4.97. The summed E-state index contributed by atoms with van der Waals surface area (Å²) in [4.78, 5) is 12.1. The average Bonchev–Trinajstić information content (AvgIpc) is 3.00. The molecule has 0 aromatic heterocycles. The molecular formula is C16H19F2NO. The lowest BCUT2D eigenvalue weighted by Gasteiger charge is -2.28. The molecule has 2 bridgehead atoms. The Hall–Kier alpha value is -1.45. The maximum Gasteiger partial charge on any atom is 0.254 e. The van der Waals surface area contributed by atoms with Gasteiger partial charge in [0.15, 0.2) is 0 Å². The summed E-state index contributed by atoms with van der Waals surface area (Å²) < 4.78 is 26.4. The van der Waals surface area contributed by atoms with Crippen molar-refractivity contribution in [2.24, 2.45) is 17.8 Å². The maximum absolute atomic E-state index is 13.6. The van der Waals surface area contributed by atoms with E-state index in [1.165, 1.54) is 25.3 Å². The van der Waals surface area contributed by atoms with E-state index in [9.17, 15) is 13.6 Å². The van der Waals surface area contributed by atoms with E-state index in [0.29, 0.717) is 11.8 Å². The van der Waals surface area contributed by atoms with Crippen LogP contribution in [0.1, 0.15) is 43.0 Å². The summed E-state index contributed by atoms with van der Waals surface area (Å²) in [5.41, 5.74) is -0.0820. The molecule has 0 saturated heterocycles. The summed E-state index contributed by atoms with van der Waals surface area (Å²) in [5, 5.41) is 2.88. The Morgan fingerprint density at radius 3 is 2.70 bits per heavy atom. The SMILES string of the molecule is C[C@@H](NC(=O)c1ccc(F)cc1F)[C@H]1C[C@H]2CC[C@H]1C2. The molecule has 1 aromatic rings. The van der Waals surface area contributed by atoms with Gasteiger partial charge in [-0.2, -0.15) is 0 Å². The molecule has 2 aliphatic carbocycles. The van der Waals surface area contributed by atoms with Gasteiger partial charge in [-0.05, 0) is 56.1 Å². The standard InChI is InChI=1S/C16H19F2NO/c1-9(14-7-10-2-3-11(14)6-10)19-16(20)13-5-4-12(17)8-15(13)18/h4-5,8-11,14H,2-3,6-7H2,1H3,(H,19,20)/t9-,10+,11+,14-/m1/s1. The fourth-order valence-corrected chi connectivity index (χ4v) is 3.97. The summed E-state index contributed by atoms with van der Waals surface area (Å²) >= 11 is 0. The monoisotopic (exact) mass is 279 g/mol. The number of hydrogen-bond acceptors (Lipinski definition) is 1. The van der Waals surface area contributed by atoms with Gasteiger partial charge in [0.1, 0.15) is 11.6 Å². The van der Waals surface area contributed by atoms with Gasteiger partial charge in [0.2, 0.25) is 0 Å². The van der Waals surface area contributed by atoms with Gasteiger partial charge in [-0.15, -0.1) is 0 Å². The highest BCUT2D eigenvalue weighted by Crippen LogP contribution is 2.49.